The van der Waals surface area contributed by atoms with E-state index in [-0.39, 0.29) is 0 Å². The molecule has 0 aliphatic carbocycles. The lowest BCUT2D eigenvalue weighted by Crippen LogP contribution is -2.10. The first-order chi connectivity index (χ1) is 10.7. The summed E-state index contributed by atoms with van der Waals surface area (Å²) >= 11 is 12.0. The molecule has 0 atom stereocenters. The van der Waals surface area contributed by atoms with Gasteiger partial charge in [0.1, 0.15) is 5.82 Å². The quantitative estimate of drug-likeness (QED) is 0.688. The predicted octanol–water partition coefficient (Wildman–Crippen LogP) is 4.65. The summed E-state index contributed by atoms with van der Waals surface area (Å²) in [4.78, 5) is 8.64. The molecule has 2 rings (SSSR count). The molecule has 0 bridgehead atoms. The maximum absolute atomic E-state index is 6.15. The Hall–Kier alpha value is -1.52. The summed E-state index contributed by atoms with van der Waals surface area (Å²) in [5.41, 5.74) is 1.05. The highest BCUT2D eigenvalue weighted by atomic mass is 35.5. The molecule has 118 valence electrons. The third kappa shape index (κ3) is 5.35. The first kappa shape index (κ1) is 16.8. The van der Waals surface area contributed by atoms with E-state index < -0.39 is 0 Å². The molecule has 0 spiro atoms. The van der Waals surface area contributed by atoms with Gasteiger partial charge in [-0.15, -0.1) is 0 Å². The van der Waals surface area contributed by atoms with Gasteiger partial charge in [0.05, 0.1) is 0 Å². The van der Waals surface area contributed by atoms with E-state index in [4.69, 9.17) is 23.2 Å². The number of unbranched alkanes of at least 4 members (excludes halogenated alkanes) is 1. The maximum atomic E-state index is 6.15. The topological polar surface area (TPSA) is 49.8 Å². The summed E-state index contributed by atoms with van der Waals surface area (Å²) in [6.07, 6.45) is 4.82. The summed E-state index contributed by atoms with van der Waals surface area (Å²) < 4.78 is 0. The van der Waals surface area contributed by atoms with Crippen molar-refractivity contribution >= 4 is 35.0 Å². The summed E-state index contributed by atoms with van der Waals surface area (Å²) in [6, 6.07) is 7.41. The van der Waals surface area contributed by atoms with Crippen molar-refractivity contribution in [1.29, 1.82) is 0 Å². The standard InChI is InChI=1S/C16H20Cl2N4/c1-2-3-8-19-15-7-10-21-16(22-15)20-9-6-12-4-5-13(17)11-14(12)18/h4-5,7,10-11H,2-3,6,8-9H2,1H3,(H2,19,20,21,22). The number of anilines is 2. The Kier molecular flexibility index (Phi) is 6.74. The second-order valence-corrected chi connectivity index (χ2v) is 5.80. The molecule has 1 aromatic heterocycles. The van der Waals surface area contributed by atoms with Crippen LogP contribution in [0.4, 0.5) is 11.8 Å². The van der Waals surface area contributed by atoms with E-state index in [1.54, 1.807) is 12.3 Å². The zero-order chi connectivity index (χ0) is 15.8. The minimum absolute atomic E-state index is 0.617. The summed E-state index contributed by atoms with van der Waals surface area (Å²) in [6.45, 7) is 3.80. The second-order valence-electron chi connectivity index (χ2n) is 4.96. The molecule has 0 aliphatic heterocycles. The lowest BCUT2D eigenvalue weighted by atomic mass is 10.1. The van der Waals surface area contributed by atoms with Crippen molar-refractivity contribution in [2.24, 2.45) is 0 Å². The molecule has 0 fully saturated rings. The highest BCUT2D eigenvalue weighted by molar-refractivity contribution is 6.35. The van der Waals surface area contributed by atoms with E-state index in [1.807, 2.05) is 18.2 Å². The molecule has 2 aromatic rings. The molecule has 0 unspecified atom stereocenters. The average Bonchev–Trinajstić information content (AvgIpc) is 2.50. The molecular weight excluding hydrogens is 319 g/mol. The maximum Gasteiger partial charge on any atom is 0.224 e. The van der Waals surface area contributed by atoms with Gasteiger partial charge in [0.15, 0.2) is 0 Å². The first-order valence-electron chi connectivity index (χ1n) is 7.43. The van der Waals surface area contributed by atoms with Gasteiger partial charge in [0, 0.05) is 29.3 Å². The number of rotatable bonds is 8. The van der Waals surface area contributed by atoms with Crippen LogP contribution >= 0.6 is 23.2 Å². The van der Waals surface area contributed by atoms with Crippen molar-refractivity contribution < 1.29 is 0 Å². The second kappa shape index (κ2) is 8.81. The Morgan fingerprint density at radius 3 is 2.73 bits per heavy atom. The van der Waals surface area contributed by atoms with Gasteiger partial charge in [-0.05, 0) is 36.6 Å². The van der Waals surface area contributed by atoms with Crippen LogP contribution in [0.1, 0.15) is 25.3 Å². The predicted molar refractivity (Wildman–Crippen MR) is 94.1 cm³/mol. The van der Waals surface area contributed by atoms with Crippen LogP contribution < -0.4 is 10.6 Å². The van der Waals surface area contributed by atoms with Gasteiger partial charge in [-0.2, -0.15) is 4.98 Å². The smallest absolute Gasteiger partial charge is 0.224 e. The van der Waals surface area contributed by atoms with E-state index in [1.165, 1.54) is 0 Å². The third-order valence-corrected chi connectivity index (χ3v) is 3.77. The Bertz CT molecular complexity index is 604. The van der Waals surface area contributed by atoms with Crippen molar-refractivity contribution in [1.82, 2.24) is 9.97 Å². The molecule has 6 heteroatoms. The van der Waals surface area contributed by atoms with Crippen LogP contribution in [0.5, 0.6) is 0 Å². The monoisotopic (exact) mass is 338 g/mol. The minimum Gasteiger partial charge on any atom is -0.370 e. The van der Waals surface area contributed by atoms with Crippen LogP contribution in [-0.2, 0) is 6.42 Å². The van der Waals surface area contributed by atoms with E-state index >= 15 is 0 Å². The molecule has 0 saturated carbocycles. The number of hydrogen-bond donors (Lipinski definition) is 2. The largest absolute Gasteiger partial charge is 0.370 e. The van der Waals surface area contributed by atoms with Crippen LogP contribution in [0.25, 0.3) is 0 Å². The molecular formula is C16H20Cl2N4. The number of nitrogens with one attached hydrogen (secondary N) is 2. The molecule has 0 saturated heterocycles. The van der Waals surface area contributed by atoms with E-state index in [0.717, 1.165) is 37.2 Å². The van der Waals surface area contributed by atoms with E-state index in [2.05, 4.69) is 27.5 Å². The van der Waals surface area contributed by atoms with Gasteiger partial charge < -0.3 is 10.6 Å². The van der Waals surface area contributed by atoms with Gasteiger partial charge in [-0.25, -0.2) is 4.98 Å². The molecule has 0 radical (unpaired) electrons. The molecule has 1 aromatic carbocycles. The lowest BCUT2D eigenvalue weighted by molar-refractivity contribution is 0.830. The Labute approximate surface area is 141 Å². The summed E-state index contributed by atoms with van der Waals surface area (Å²) in [7, 11) is 0. The van der Waals surface area contributed by atoms with Crippen LogP contribution in [0, 0.1) is 0 Å². The Morgan fingerprint density at radius 1 is 1.09 bits per heavy atom. The van der Waals surface area contributed by atoms with Crippen LogP contribution in [0.3, 0.4) is 0 Å². The molecule has 1 heterocycles. The van der Waals surface area contributed by atoms with Crippen molar-refractivity contribution in [2.75, 3.05) is 23.7 Å². The minimum atomic E-state index is 0.617. The number of benzene rings is 1. The Morgan fingerprint density at radius 2 is 1.95 bits per heavy atom. The van der Waals surface area contributed by atoms with Crippen LogP contribution in [0.2, 0.25) is 10.0 Å². The van der Waals surface area contributed by atoms with Crippen LogP contribution in [-0.4, -0.2) is 23.1 Å². The fourth-order valence-electron chi connectivity index (χ4n) is 1.97. The number of hydrogen-bond acceptors (Lipinski definition) is 4. The molecule has 4 nitrogen and oxygen atoms in total. The number of aromatic nitrogens is 2. The zero-order valence-electron chi connectivity index (χ0n) is 12.6. The van der Waals surface area contributed by atoms with Crippen LogP contribution in [0.15, 0.2) is 30.5 Å². The van der Waals surface area contributed by atoms with Gasteiger partial charge >= 0.3 is 0 Å². The van der Waals surface area contributed by atoms with Gasteiger partial charge in [0.25, 0.3) is 0 Å². The first-order valence-corrected chi connectivity index (χ1v) is 8.19. The molecule has 2 N–H and O–H groups in total. The average molecular weight is 339 g/mol. The van der Waals surface area contributed by atoms with E-state index in [9.17, 15) is 0 Å². The molecule has 0 amide bonds. The zero-order valence-corrected chi connectivity index (χ0v) is 14.1. The fourth-order valence-corrected chi connectivity index (χ4v) is 2.47. The fraction of sp³-hybridized carbons (Fsp3) is 0.375. The van der Waals surface area contributed by atoms with Crippen molar-refractivity contribution in [2.45, 2.75) is 26.2 Å². The number of nitrogens with zero attached hydrogens (tertiary/aromatic N) is 2. The van der Waals surface area contributed by atoms with Gasteiger partial charge in [-0.1, -0.05) is 42.6 Å². The van der Waals surface area contributed by atoms with E-state index in [0.29, 0.717) is 22.5 Å². The Balaban J connectivity index is 1.84. The summed E-state index contributed by atoms with van der Waals surface area (Å²) in [5, 5.41) is 7.83. The van der Waals surface area contributed by atoms with Crippen molar-refractivity contribution in [3.63, 3.8) is 0 Å². The van der Waals surface area contributed by atoms with Gasteiger partial charge in [-0.3, -0.25) is 0 Å². The molecule has 0 aliphatic rings. The lowest BCUT2D eigenvalue weighted by Gasteiger charge is -2.09. The molecule has 22 heavy (non-hydrogen) atoms. The van der Waals surface area contributed by atoms with Gasteiger partial charge in [0.2, 0.25) is 5.95 Å². The third-order valence-electron chi connectivity index (χ3n) is 3.18. The van der Waals surface area contributed by atoms with Crippen molar-refractivity contribution in [3.8, 4) is 0 Å². The summed E-state index contributed by atoms with van der Waals surface area (Å²) in [5.74, 6) is 1.46. The highest BCUT2D eigenvalue weighted by Gasteiger charge is 2.02. The SMILES string of the molecule is CCCCNc1ccnc(NCCc2ccc(Cl)cc2Cl)n1. The normalized spacial score (nSPS) is 10.5. The highest BCUT2D eigenvalue weighted by Crippen LogP contribution is 2.21. The van der Waals surface area contributed by atoms with Crippen molar-refractivity contribution in [3.05, 3.63) is 46.1 Å². The number of halogens is 2.